The first kappa shape index (κ1) is 14.2. The molecule has 0 aliphatic carbocycles. The highest BCUT2D eigenvalue weighted by Gasteiger charge is 2.15. The molecule has 0 aliphatic rings. The fourth-order valence-corrected chi connectivity index (χ4v) is 1.01. The third kappa shape index (κ3) is 5.80. The minimum Gasteiger partial charge on any atom is -0.459 e. The van der Waals surface area contributed by atoms with Gasteiger partial charge in [0.05, 0.1) is 0 Å². The van der Waals surface area contributed by atoms with Gasteiger partial charge in [-0.2, -0.15) is 0 Å². The average Bonchev–Trinajstić information content (AvgIpc) is 2.27. The molecule has 0 radical (unpaired) electrons. The Bertz CT molecular complexity index is 293. The van der Waals surface area contributed by atoms with Crippen LogP contribution in [0.1, 0.15) is 13.3 Å². The summed E-state index contributed by atoms with van der Waals surface area (Å²) in [6, 6.07) is 0. The summed E-state index contributed by atoms with van der Waals surface area (Å²) < 4.78 is 9.87. The molecular formula is C12H16O4. The molecule has 0 saturated heterocycles. The molecule has 16 heavy (non-hydrogen) atoms. The second-order valence-electron chi connectivity index (χ2n) is 3.10. The van der Waals surface area contributed by atoms with E-state index in [4.69, 9.17) is 9.47 Å². The van der Waals surface area contributed by atoms with Gasteiger partial charge in [0, 0.05) is 18.6 Å². The van der Waals surface area contributed by atoms with Crippen LogP contribution >= 0.6 is 0 Å². The molecule has 0 saturated carbocycles. The molecule has 0 aromatic carbocycles. The van der Waals surface area contributed by atoms with E-state index in [1.807, 2.05) is 0 Å². The molecule has 0 aromatic rings. The molecule has 0 aliphatic heterocycles. The number of carbonyl (C=O) groups is 2. The zero-order valence-corrected chi connectivity index (χ0v) is 9.35. The van der Waals surface area contributed by atoms with E-state index >= 15 is 0 Å². The number of esters is 2. The lowest BCUT2D eigenvalue weighted by Crippen LogP contribution is -2.23. The van der Waals surface area contributed by atoms with Crippen molar-refractivity contribution in [1.29, 1.82) is 0 Å². The molecule has 0 rings (SSSR count). The van der Waals surface area contributed by atoms with Crippen molar-refractivity contribution in [1.82, 2.24) is 0 Å². The Morgan fingerprint density at radius 3 is 2.06 bits per heavy atom. The minimum absolute atomic E-state index is 0.350. The van der Waals surface area contributed by atoms with E-state index in [1.54, 1.807) is 6.92 Å². The van der Waals surface area contributed by atoms with E-state index in [1.165, 1.54) is 6.08 Å². The van der Waals surface area contributed by atoms with Gasteiger partial charge in [-0.15, -0.1) is 0 Å². The van der Waals surface area contributed by atoms with Crippen LogP contribution in [0.5, 0.6) is 0 Å². The Balaban J connectivity index is 4.15. The van der Waals surface area contributed by atoms with Crippen LogP contribution in [-0.4, -0.2) is 24.1 Å². The van der Waals surface area contributed by atoms with Gasteiger partial charge in [-0.1, -0.05) is 25.8 Å². The SMILES string of the molecule is C=CC(=O)OC(C)CC(C=C)OC(=O)C=C. The monoisotopic (exact) mass is 224 g/mol. The molecule has 88 valence electrons. The molecule has 0 amide bonds. The minimum atomic E-state index is -0.535. The zero-order chi connectivity index (χ0) is 12.6. The van der Waals surface area contributed by atoms with Gasteiger partial charge in [0.1, 0.15) is 12.2 Å². The van der Waals surface area contributed by atoms with Crippen molar-refractivity contribution >= 4 is 11.9 Å². The van der Waals surface area contributed by atoms with Gasteiger partial charge in [-0.3, -0.25) is 0 Å². The third-order valence-electron chi connectivity index (χ3n) is 1.75. The summed E-state index contributed by atoms with van der Waals surface area (Å²) in [7, 11) is 0. The highest BCUT2D eigenvalue weighted by atomic mass is 16.6. The molecule has 0 spiro atoms. The van der Waals surface area contributed by atoms with Crippen LogP contribution in [-0.2, 0) is 19.1 Å². The first-order valence-corrected chi connectivity index (χ1v) is 4.82. The summed E-state index contributed by atoms with van der Waals surface area (Å²) in [5, 5.41) is 0. The molecule has 0 fully saturated rings. The second kappa shape index (κ2) is 7.45. The molecule has 2 unspecified atom stereocenters. The highest BCUT2D eigenvalue weighted by molar-refractivity contribution is 5.81. The van der Waals surface area contributed by atoms with Gasteiger partial charge in [0.25, 0.3) is 0 Å². The van der Waals surface area contributed by atoms with E-state index < -0.39 is 18.0 Å². The summed E-state index contributed by atoms with van der Waals surface area (Å²) in [6.45, 7) is 11.8. The van der Waals surface area contributed by atoms with Crippen molar-refractivity contribution in [2.45, 2.75) is 25.6 Å². The van der Waals surface area contributed by atoms with Crippen LogP contribution in [0.2, 0.25) is 0 Å². The first-order valence-electron chi connectivity index (χ1n) is 4.82. The van der Waals surface area contributed by atoms with E-state index in [0.717, 1.165) is 12.2 Å². The summed E-state index contributed by atoms with van der Waals surface area (Å²) >= 11 is 0. The van der Waals surface area contributed by atoms with Gasteiger partial charge in [0.15, 0.2) is 0 Å². The topological polar surface area (TPSA) is 52.6 Å². The summed E-state index contributed by atoms with van der Waals surface area (Å²) in [5.74, 6) is -1.04. The lowest BCUT2D eigenvalue weighted by molar-refractivity contribution is -0.146. The Kier molecular flexibility index (Phi) is 6.59. The van der Waals surface area contributed by atoms with Crippen LogP contribution in [0.4, 0.5) is 0 Å². The van der Waals surface area contributed by atoms with Crippen LogP contribution in [0.3, 0.4) is 0 Å². The van der Waals surface area contributed by atoms with E-state index in [9.17, 15) is 9.59 Å². The van der Waals surface area contributed by atoms with Gasteiger partial charge in [0.2, 0.25) is 0 Å². The summed E-state index contributed by atoms with van der Waals surface area (Å²) in [4.78, 5) is 21.8. The number of ether oxygens (including phenoxy) is 2. The van der Waals surface area contributed by atoms with Gasteiger partial charge >= 0.3 is 11.9 Å². The fraction of sp³-hybridized carbons (Fsp3) is 0.333. The van der Waals surface area contributed by atoms with E-state index in [0.29, 0.717) is 6.42 Å². The van der Waals surface area contributed by atoms with Crippen molar-refractivity contribution in [3.63, 3.8) is 0 Å². The number of hydrogen-bond acceptors (Lipinski definition) is 4. The second-order valence-corrected chi connectivity index (χ2v) is 3.10. The van der Waals surface area contributed by atoms with Crippen molar-refractivity contribution in [2.24, 2.45) is 0 Å². The Hall–Kier alpha value is -1.84. The molecule has 0 N–H and O–H groups in total. The third-order valence-corrected chi connectivity index (χ3v) is 1.75. The molecule has 0 aromatic heterocycles. The quantitative estimate of drug-likeness (QED) is 0.376. The molecular weight excluding hydrogens is 208 g/mol. The van der Waals surface area contributed by atoms with Gasteiger partial charge in [-0.25, -0.2) is 9.59 Å². The average molecular weight is 224 g/mol. The van der Waals surface area contributed by atoms with E-state index in [2.05, 4.69) is 19.7 Å². The lowest BCUT2D eigenvalue weighted by atomic mass is 10.2. The van der Waals surface area contributed by atoms with Crippen molar-refractivity contribution in [2.75, 3.05) is 0 Å². The van der Waals surface area contributed by atoms with Gasteiger partial charge < -0.3 is 9.47 Å². The largest absolute Gasteiger partial charge is 0.459 e. The maximum atomic E-state index is 10.9. The predicted octanol–water partition coefficient (Wildman–Crippen LogP) is 1.78. The molecule has 0 bridgehead atoms. The fourth-order valence-electron chi connectivity index (χ4n) is 1.01. The van der Waals surface area contributed by atoms with Crippen LogP contribution < -0.4 is 0 Å². The Morgan fingerprint density at radius 2 is 1.62 bits per heavy atom. The number of rotatable bonds is 7. The maximum absolute atomic E-state index is 10.9. The van der Waals surface area contributed by atoms with Crippen LogP contribution in [0, 0.1) is 0 Å². The predicted molar refractivity (Wildman–Crippen MR) is 60.6 cm³/mol. The van der Waals surface area contributed by atoms with Crippen molar-refractivity contribution in [3.8, 4) is 0 Å². The lowest BCUT2D eigenvalue weighted by Gasteiger charge is -2.17. The first-order chi connectivity index (χ1) is 7.53. The number of carbonyl (C=O) groups excluding carboxylic acids is 2. The maximum Gasteiger partial charge on any atom is 0.330 e. The Labute approximate surface area is 95.2 Å². The number of hydrogen-bond donors (Lipinski definition) is 0. The van der Waals surface area contributed by atoms with Crippen molar-refractivity contribution in [3.05, 3.63) is 38.0 Å². The van der Waals surface area contributed by atoms with Gasteiger partial charge in [-0.05, 0) is 6.92 Å². The highest BCUT2D eigenvalue weighted by Crippen LogP contribution is 2.08. The summed E-state index contributed by atoms with van der Waals surface area (Å²) in [5.41, 5.74) is 0. The molecule has 4 nitrogen and oxygen atoms in total. The standard InChI is InChI=1S/C12H16O4/c1-5-10(16-12(14)7-3)8-9(4)15-11(13)6-2/h5-7,9-10H,1-3,8H2,4H3. The van der Waals surface area contributed by atoms with Crippen molar-refractivity contribution < 1.29 is 19.1 Å². The normalized spacial score (nSPS) is 13.1. The molecule has 0 heterocycles. The van der Waals surface area contributed by atoms with E-state index in [-0.39, 0.29) is 6.10 Å². The van der Waals surface area contributed by atoms with Crippen LogP contribution in [0.15, 0.2) is 38.0 Å². The zero-order valence-electron chi connectivity index (χ0n) is 9.35. The smallest absolute Gasteiger partial charge is 0.330 e. The summed E-state index contributed by atoms with van der Waals surface area (Å²) in [6.07, 6.45) is 3.08. The molecule has 4 heteroatoms. The Morgan fingerprint density at radius 1 is 1.12 bits per heavy atom. The molecule has 2 atom stereocenters. The van der Waals surface area contributed by atoms with Crippen LogP contribution in [0.25, 0.3) is 0 Å².